The Hall–Kier alpha value is -3.07. The van der Waals surface area contributed by atoms with Crippen LogP contribution in [0.5, 0.6) is 11.6 Å². The standard InChI is InChI=1S/C23H27N3O3/c1-16(2)18-4-8-20(9-5-18)28-15-22(27)26-19-6-10-21(11-7-19)29-23-12-3-17(13-24)14-25-23/h3-5,8-9,12,14,16,19,21H,6-7,10-11,15H2,1-2H3,(H,26,27). The van der Waals surface area contributed by atoms with Crippen molar-refractivity contribution >= 4 is 5.91 Å². The molecule has 152 valence electrons. The van der Waals surface area contributed by atoms with Crippen LogP contribution >= 0.6 is 0 Å². The highest BCUT2D eigenvalue weighted by molar-refractivity contribution is 5.77. The van der Waals surface area contributed by atoms with E-state index in [2.05, 4.69) is 24.1 Å². The van der Waals surface area contributed by atoms with Crippen molar-refractivity contribution in [2.75, 3.05) is 6.61 Å². The maximum atomic E-state index is 12.2. The van der Waals surface area contributed by atoms with Crippen LogP contribution < -0.4 is 14.8 Å². The van der Waals surface area contributed by atoms with E-state index >= 15 is 0 Å². The smallest absolute Gasteiger partial charge is 0.258 e. The van der Waals surface area contributed by atoms with Crippen molar-refractivity contribution in [3.8, 4) is 17.7 Å². The van der Waals surface area contributed by atoms with Crippen molar-refractivity contribution in [3.63, 3.8) is 0 Å². The number of carbonyl (C=O) groups is 1. The molecule has 3 rings (SSSR count). The van der Waals surface area contributed by atoms with Crippen LogP contribution in [0.1, 0.15) is 56.6 Å². The van der Waals surface area contributed by atoms with E-state index < -0.39 is 0 Å². The summed E-state index contributed by atoms with van der Waals surface area (Å²) >= 11 is 0. The second-order valence-corrected chi connectivity index (χ2v) is 7.67. The molecule has 0 radical (unpaired) electrons. The lowest BCUT2D eigenvalue weighted by Gasteiger charge is -2.29. The van der Waals surface area contributed by atoms with Crippen LogP contribution in [0.4, 0.5) is 0 Å². The number of rotatable bonds is 7. The fraction of sp³-hybridized carbons (Fsp3) is 0.435. The van der Waals surface area contributed by atoms with Gasteiger partial charge < -0.3 is 14.8 Å². The molecule has 1 aromatic heterocycles. The third-order valence-electron chi connectivity index (χ3n) is 5.11. The molecule has 0 unspecified atom stereocenters. The van der Waals surface area contributed by atoms with E-state index in [9.17, 15) is 4.79 Å². The molecule has 1 N–H and O–H groups in total. The van der Waals surface area contributed by atoms with Gasteiger partial charge in [0, 0.05) is 18.3 Å². The Kier molecular flexibility index (Phi) is 7.07. The maximum absolute atomic E-state index is 12.2. The molecule has 0 spiro atoms. The highest BCUT2D eigenvalue weighted by Gasteiger charge is 2.24. The van der Waals surface area contributed by atoms with Crippen LogP contribution in [-0.2, 0) is 4.79 Å². The summed E-state index contributed by atoms with van der Waals surface area (Å²) in [6.07, 6.45) is 5.01. The van der Waals surface area contributed by atoms with Gasteiger partial charge in [0.05, 0.1) is 5.56 Å². The Morgan fingerprint density at radius 1 is 1.17 bits per heavy atom. The van der Waals surface area contributed by atoms with E-state index in [1.54, 1.807) is 12.1 Å². The first-order valence-electron chi connectivity index (χ1n) is 10.1. The van der Waals surface area contributed by atoms with E-state index in [0.29, 0.717) is 23.1 Å². The highest BCUT2D eigenvalue weighted by Crippen LogP contribution is 2.23. The number of benzene rings is 1. The first-order chi connectivity index (χ1) is 14.0. The number of carbonyl (C=O) groups excluding carboxylic acids is 1. The molecule has 0 aliphatic heterocycles. The molecule has 1 saturated carbocycles. The third-order valence-corrected chi connectivity index (χ3v) is 5.11. The van der Waals surface area contributed by atoms with Crippen LogP contribution in [0, 0.1) is 11.3 Å². The fourth-order valence-electron chi connectivity index (χ4n) is 3.38. The zero-order valence-corrected chi connectivity index (χ0v) is 16.9. The lowest BCUT2D eigenvalue weighted by atomic mass is 9.93. The Balaban J connectivity index is 1.37. The molecule has 1 heterocycles. The van der Waals surface area contributed by atoms with E-state index in [4.69, 9.17) is 14.7 Å². The average molecular weight is 393 g/mol. The minimum Gasteiger partial charge on any atom is -0.484 e. The van der Waals surface area contributed by atoms with Gasteiger partial charge >= 0.3 is 0 Å². The summed E-state index contributed by atoms with van der Waals surface area (Å²) in [7, 11) is 0. The minimum atomic E-state index is -0.101. The lowest BCUT2D eigenvalue weighted by molar-refractivity contribution is -0.124. The van der Waals surface area contributed by atoms with Crippen molar-refractivity contribution in [1.29, 1.82) is 5.26 Å². The Morgan fingerprint density at radius 2 is 1.90 bits per heavy atom. The monoisotopic (exact) mass is 393 g/mol. The summed E-state index contributed by atoms with van der Waals surface area (Å²) in [4.78, 5) is 16.3. The van der Waals surface area contributed by atoms with Gasteiger partial charge in [-0.2, -0.15) is 5.26 Å². The van der Waals surface area contributed by atoms with Crippen LogP contribution in [0.3, 0.4) is 0 Å². The molecule has 6 nitrogen and oxygen atoms in total. The zero-order valence-electron chi connectivity index (χ0n) is 16.9. The van der Waals surface area contributed by atoms with Gasteiger partial charge in [-0.05, 0) is 55.4 Å². The number of nitriles is 1. The van der Waals surface area contributed by atoms with Gasteiger partial charge in [-0.3, -0.25) is 4.79 Å². The number of hydrogen-bond acceptors (Lipinski definition) is 5. The van der Waals surface area contributed by atoms with Gasteiger partial charge in [0.15, 0.2) is 6.61 Å². The minimum absolute atomic E-state index is 0.0205. The number of ether oxygens (including phenoxy) is 2. The number of amides is 1. The second-order valence-electron chi connectivity index (χ2n) is 7.67. The van der Waals surface area contributed by atoms with Crippen LogP contribution in [0.25, 0.3) is 0 Å². The molecule has 0 saturated heterocycles. The Labute approximate surface area is 171 Å². The van der Waals surface area contributed by atoms with Crippen molar-refractivity contribution < 1.29 is 14.3 Å². The number of aromatic nitrogens is 1. The highest BCUT2D eigenvalue weighted by atomic mass is 16.5. The van der Waals surface area contributed by atoms with Crippen LogP contribution in [0.2, 0.25) is 0 Å². The molecule has 1 fully saturated rings. The summed E-state index contributed by atoms with van der Waals surface area (Å²) in [6, 6.07) is 13.5. The molecular formula is C23H27N3O3. The van der Waals surface area contributed by atoms with Crippen molar-refractivity contribution in [2.24, 2.45) is 0 Å². The molecule has 0 bridgehead atoms. The molecule has 6 heteroatoms. The summed E-state index contributed by atoms with van der Waals surface area (Å²) in [5.41, 5.74) is 1.76. The predicted octanol–water partition coefficient (Wildman–Crippen LogP) is 3.96. The van der Waals surface area contributed by atoms with Crippen molar-refractivity contribution in [1.82, 2.24) is 10.3 Å². The van der Waals surface area contributed by atoms with Gasteiger partial charge in [-0.15, -0.1) is 0 Å². The van der Waals surface area contributed by atoms with Gasteiger partial charge in [-0.1, -0.05) is 26.0 Å². The first kappa shape index (κ1) is 20.7. The summed E-state index contributed by atoms with van der Waals surface area (Å²) < 4.78 is 11.5. The zero-order chi connectivity index (χ0) is 20.6. The summed E-state index contributed by atoms with van der Waals surface area (Å²) in [6.45, 7) is 4.31. The van der Waals surface area contributed by atoms with Gasteiger partial charge in [0.2, 0.25) is 5.88 Å². The number of nitrogens with zero attached hydrogens (tertiary/aromatic N) is 2. The first-order valence-corrected chi connectivity index (χ1v) is 10.1. The molecule has 1 amide bonds. The normalized spacial score (nSPS) is 18.7. The molecule has 1 aliphatic rings. The van der Waals surface area contributed by atoms with Crippen molar-refractivity contribution in [3.05, 3.63) is 53.7 Å². The molecular weight excluding hydrogens is 366 g/mol. The third kappa shape index (κ3) is 6.21. The quantitative estimate of drug-likeness (QED) is 0.770. The number of nitrogens with one attached hydrogen (secondary N) is 1. The molecule has 1 aliphatic carbocycles. The van der Waals surface area contributed by atoms with Crippen molar-refractivity contribution in [2.45, 2.75) is 57.6 Å². The Bertz CT molecular complexity index is 833. The van der Waals surface area contributed by atoms with Gasteiger partial charge in [0.1, 0.15) is 17.9 Å². The Morgan fingerprint density at radius 3 is 2.48 bits per heavy atom. The SMILES string of the molecule is CC(C)c1ccc(OCC(=O)NC2CCC(Oc3ccc(C#N)cn3)CC2)cc1. The lowest BCUT2D eigenvalue weighted by Crippen LogP contribution is -2.41. The summed E-state index contributed by atoms with van der Waals surface area (Å²) in [5.74, 6) is 1.61. The topological polar surface area (TPSA) is 84.2 Å². The molecule has 0 atom stereocenters. The van der Waals surface area contributed by atoms with Crippen LogP contribution in [-0.4, -0.2) is 29.6 Å². The van der Waals surface area contributed by atoms with Gasteiger partial charge in [0.25, 0.3) is 5.91 Å². The second kappa shape index (κ2) is 9.92. The van der Waals surface area contributed by atoms with E-state index in [1.807, 2.05) is 30.3 Å². The maximum Gasteiger partial charge on any atom is 0.258 e. The molecule has 2 aromatic rings. The number of pyridine rings is 1. The number of hydrogen-bond donors (Lipinski definition) is 1. The fourth-order valence-corrected chi connectivity index (χ4v) is 3.38. The predicted molar refractivity (Wildman–Crippen MR) is 110 cm³/mol. The summed E-state index contributed by atoms with van der Waals surface area (Å²) in [5, 5.41) is 11.9. The largest absolute Gasteiger partial charge is 0.484 e. The van der Waals surface area contributed by atoms with E-state index in [0.717, 1.165) is 25.7 Å². The average Bonchev–Trinajstić information content (AvgIpc) is 2.74. The molecule has 1 aromatic carbocycles. The van der Waals surface area contributed by atoms with E-state index in [-0.39, 0.29) is 24.7 Å². The van der Waals surface area contributed by atoms with E-state index in [1.165, 1.54) is 11.8 Å². The van der Waals surface area contributed by atoms with Crippen LogP contribution in [0.15, 0.2) is 42.6 Å². The van der Waals surface area contributed by atoms with Gasteiger partial charge in [-0.25, -0.2) is 4.98 Å². The molecule has 29 heavy (non-hydrogen) atoms.